The summed E-state index contributed by atoms with van der Waals surface area (Å²) in [6.07, 6.45) is 6.82. The number of allylic oxidation sites excluding steroid dienone is 1. The zero-order chi connectivity index (χ0) is 25.1. The molecule has 0 aliphatic heterocycles. The lowest BCUT2D eigenvalue weighted by atomic mass is 9.42. The molecule has 5 aliphatic rings. The Labute approximate surface area is 207 Å². The Morgan fingerprint density at radius 2 is 1.59 bits per heavy atom. The third-order valence-corrected chi connectivity index (χ3v) is 13.2. The Morgan fingerprint density at radius 3 is 2.24 bits per heavy atom. The molecule has 12 atom stereocenters. The molecule has 0 saturated heterocycles. The summed E-state index contributed by atoms with van der Waals surface area (Å²) in [5.41, 5.74) is -1.85. The Morgan fingerprint density at radius 1 is 0.912 bits per heavy atom. The lowest BCUT2D eigenvalue weighted by Crippen LogP contribution is -2.75. The lowest BCUT2D eigenvalue weighted by Gasteiger charge is -2.67. The van der Waals surface area contributed by atoms with Crippen LogP contribution in [0.25, 0.3) is 0 Å². The van der Waals surface area contributed by atoms with E-state index in [-0.39, 0.29) is 12.0 Å². The van der Waals surface area contributed by atoms with Crippen LogP contribution >= 0.6 is 0 Å². The van der Waals surface area contributed by atoms with Gasteiger partial charge >= 0.3 is 0 Å². The van der Waals surface area contributed by atoms with Crippen LogP contribution in [0.3, 0.4) is 0 Å². The normalized spacial score (nSPS) is 56.2. The number of hydrogen-bond donors (Lipinski definition) is 4. The highest BCUT2D eigenvalue weighted by molar-refractivity contribution is 5.35. The van der Waals surface area contributed by atoms with Crippen molar-refractivity contribution in [3.05, 3.63) is 11.6 Å². The highest BCUT2D eigenvalue weighted by atomic mass is 16.4. The molecule has 194 valence electrons. The van der Waals surface area contributed by atoms with E-state index in [4.69, 9.17) is 0 Å². The zero-order valence-corrected chi connectivity index (χ0v) is 22.6. The molecule has 0 amide bonds. The van der Waals surface area contributed by atoms with Crippen LogP contribution in [-0.4, -0.2) is 43.8 Å². The van der Waals surface area contributed by atoms with E-state index in [1.807, 2.05) is 0 Å². The fraction of sp³-hybridized carbons (Fsp3) is 0.933. The molecule has 0 radical (unpaired) electrons. The quantitative estimate of drug-likeness (QED) is 0.428. The first-order chi connectivity index (χ1) is 15.7. The molecule has 5 aliphatic carbocycles. The maximum Gasteiger partial charge on any atom is 0.105 e. The molecule has 12 unspecified atom stereocenters. The second-order valence-electron chi connectivity index (χ2n) is 14.5. The van der Waals surface area contributed by atoms with Gasteiger partial charge in [0.1, 0.15) is 5.60 Å². The standard InChI is InChI=1S/C30H50O4/c1-17(2)19(4)26(5)15-23(26)18(3)22-11-13-29(33)24-9-8-20-14-21(31)10-12-27(20,6)30(24,34)25(32)16-28(22,29)7/h8,17-19,21-25,31-34H,9-16H2,1-7H3. The molecular formula is C30H50O4. The molecule has 0 aromatic rings. The maximum absolute atomic E-state index is 12.5. The van der Waals surface area contributed by atoms with Gasteiger partial charge in [0.25, 0.3) is 0 Å². The summed E-state index contributed by atoms with van der Waals surface area (Å²) in [6, 6.07) is 0. The third-order valence-electron chi connectivity index (χ3n) is 13.2. The van der Waals surface area contributed by atoms with Gasteiger partial charge in [-0.1, -0.05) is 60.1 Å². The van der Waals surface area contributed by atoms with E-state index in [2.05, 4.69) is 54.5 Å². The average molecular weight is 475 g/mol. The molecular weight excluding hydrogens is 424 g/mol. The van der Waals surface area contributed by atoms with Crippen molar-refractivity contribution < 1.29 is 20.4 Å². The summed E-state index contributed by atoms with van der Waals surface area (Å²) in [7, 11) is 0. The highest BCUT2D eigenvalue weighted by Crippen LogP contribution is 2.73. The second-order valence-corrected chi connectivity index (χ2v) is 14.5. The van der Waals surface area contributed by atoms with E-state index in [0.717, 1.165) is 12.0 Å². The van der Waals surface area contributed by atoms with Crippen molar-refractivity contribution in [2.45, 2.75) is 123 Å². The molecule has 4 heteroatoms. The first-order valence-electron chi connectivity index (χ1n) is 14.2. The highest BCUT2D eigenvalue weighted by Gasteiger charge is 2.75. The molecule has 0 aromatic carbocycles. The van der Waals surface area contributed by atoms with Crippen molar-refractivity contribution in [2.24, 2.45) is 51.8 Å². The van der Waals surface area contributed by atoms with E-state index in [9.17, 15) is 20.4 Å². The van der Waals surface area contributed by atoms with Crippen LogP contribution in [0.5, 0.6) is 0 Å². The van der Waals surface area contributed by atoms with Gasteiger partial charge in [-0.2, -0.15) is 0 Å². The van der Waals surface area contributed by atoms with Crippen LogP contribution in [0.2, 0.25) is 0 Å². The molecule has 0 aromatic heterocycles. The SMILES string of the molecule is CC(C)C(C)C1(C)CC1C(C)C1CCC2(O)C3CC=C4CC(O)CCC4(C)C3(O)C(O)CC12C. The third kappa shape index (κ3) is 2.92. The van der Waals surface area contributed by atoms with E-state index >= 15 is 0 Å². The number of aliphatic hydroxyl groups is 4. The van der Waals surface area contributed by atoms with Crippen molar-refractivity contribution in [1.29, 1.82) is 0 Å². The largest absolute Gasteiger partial charge is 0.393 e. The van der Waals surface area contributed by atoms with E-state index in [1.54, 1.807) is 0 Å². The number of rotatable bonds is 4. The smallest absolute Gasteiger partial charge is 0.105 e. The topological polar surface area (TPSA) is 80.9 Å². The summed E-state index contributed by atoms with van der Waals surface area (Å²) in [4.78, 5) is 0. The van der Waals surface area contributed by atoms with Crippen molar-refractivity contribution in [2.75, 3.05) is 0 Å². The minimum absolute atomic E-state index is 0.356. The van der Waals surface area contributed by atoms with Crippen molar-refractivity contribution >= 4 is 0 Å². The summed E-state index contributed by atoms with van der Waals surface area (Å²) in [6.45, 7) is 16.2. The van der Waals surface area contributed by atoms with Gasteiger partial charge in [0.15, 0.2) is 0 Å². The Balaban J connectivity index is 1.48. The van der Waals surface area contributed by atoms with E-state index in [1.165, 1.54) is 6.42 Å². The van der Waals surface area contributed by atoms with Gasteiger partial charge in [-0.05, 0) is 86.4 Å². The van der Waals surface area contributed by atoms with Crippen LogP contribution in [-0.2, 0) is 0 Å². The molecule has 4 fully saturated rings. The number of fused-ring (bicyclic) bond motifs is 5. The van der Waals surface area contributed by atoms with Gasteiger partial charge in [-0.25, -0.2) is 0 Å². The van der Waals surface area contributed by atoms with Crippen LogP contribution in [0.15, 0.2) is 11.6 Å². The predicted octanol–water partition coefficient (Wildman–Crippen LogP) is 5.08. The maximum atomic E-state index is 12.5. The minimum Gasteiger partial charge on any atom is -0.393 e. The molecule has 4 nitrogen and oxygen atoms in total. The average Bonchev–Trinajstić information content (AvgIpc) is 3.38. The van der Waals surface area contributed by atoms with Crippen molar-refractivity contribution in [1.82, 2.24) is 0 Å². The minimum atomic E-state index is -1.34. The molecule has 0 heterocycles. The van der Waals surface area contributed by atoms with E-state index < -0.39 is 28.1 Å². The van der Waals surface area contributed by atoms with Gasteiger partial charge in [0.05, 0.1) is 17.8 Å². The van der Waals surface area contributed by atoms with Gasteiger partial charge in [0.2, 0.25) is 0 Å². The van der Waals surface area contributed by atoms with Gasteiger partial charge in [-0.3, -0.25) is 0 Å². The monoisotopic (exact) mass is 474 g/mol. The predicted molar refractivity (Wildman–Crippen MR) is 135 cm³/mol. The van der Waals surface area contributed by atoms with Crippen LogP contribution in [0, 0.1) is 51.8 Å². The Kier molecular flexibility index (Phi) is 5.61. The summed E-state index contributed by atoms with van der Waals surface area (Å²) in [5, 5.41) is 46.9. The summed E-state index contributed by atoms with van der Waals surface area (Å²) < 4.78 is 0. The molecule has 34 heavy (non-hydrogen) atoms. The van der Waals surface area contributed by atoms with Crippen molar-refractivity contribution in [3.8, 4) is 0 Å². The van der Waals surface area contributed by atoms with Crippen LogP contribution in [0.1, 0.15) is 99.8 Å². The molecule has 5 rings (SSSR count). The molecule has 4 saturated carbocycles. The fourth-order valence-electron chi connectivity index (χ4n) is 10.3. The van der Waals surface area contributed by atoms with Crippen molar-refractivity contribution in [3.63, 3.8) is 0 Å². The molecule has 0 bridgehead atoms. The second kappa shape index (κ2) is 7.55. The lowest BCUT2D eigenvalue weighted by molar-refractivity contribution is -0.294. The molecule has 0 spiro atoms. The first kappa shape index (κ1) is 25.2. The summed E-state index contributed by atoms with van der Waals surface area (Å²) in [5.74, 6) is 2.51. The first-order valence-corrected chi connectivity index (χ1v) is 14.2. The van der Waals surface area contributed by atoms with Gasteiger partial charge < -0.3 is 20.4 Å². The zero-order valence-electron chi connectivity index (χ0n) is 22.6. The van der Waals surface area contributed by atoms with E-state index in [0.29, 0.717) is 73.5 Å². The summed E-state index contributed by atoms with van der Waals surface area (Å²) >= 11 is 0. The number of aliphatic hydroxyl groups excluding tert-OH is 2. The van der Waals surface area contributed by atoms with Gasteiger partial charge in [-0.15, -0.1) is 0 Å². The van der Waals surface area contributed by atoms with Crippen LogP contribution in [0.4, 0.5) is 0 Å². The van der Waals surface area contributed by atoms with Crippen LogP contribution < -0.4 is 0 Å². The Hall–Kier alpha value is -0.420. The molecule has 4 N–H and O–H groups in total. The van der Waals surface area contributed by atoms with Gasteiger partial charge in [0, 0.05) is 16.7 Å². The number of hydrogen-bond acceptors (Lipinski definition) is 4. The fourth-order valence-corrected chi connectivity index (χ4v) is 10.3. The Bertz CT molecular complexity index is 868.